The molecule has 0 radical (unpaired) electrons. The summed E-state index contributed by atoms with van der Waals surface area (Å²) in [5, 5.41) is 0. The van der Waals surface area contributed by atoms with Crippen molar-refractivity contribution in [1.29, 1.82) is 0 Å². The number of hydrogen-bond donors (Lipinski definition) is 0. The Hall–Kier alpha value is -1.98. The van der Waals surface area contributed by atoms with Crippen molar-refractivity contribution in [2.24, 2.45) is 23.7 Å². The van der Waals surface area contributed by atoms with E-state index in [-0.39, 0.29) is 17.7 Å². The first-order valence-electron chi connectivity index (χ1n) is 11.6. The quantitative estimate of drug-likeness (QED) is 0.694. The highest BCUT2D eigenvalue weighted by Gasteiger charge is 2.53. The van der Waals surface area contributed by atoms with Crippen molar-refractivity contribution in [3.8, 4) is 0 Å². The standard InChI is InChI=1S/C26H31NO3S/c28-25-17-21-14-15-27(31(29,30)18-20-10-5-2-6-11-20)24-13-7-12-22(26(21)24)23(25)16-19-8-3-1-4-9-19/h1-6,8-11,21-24,26H,7,12-18H2/t21-,22+,23+,24+,26+/m1/s1. The van der Waals surface area contributed by atoms with Gasteiger partial charge in [0.1, 0.15) is 5.78 Å². The predicted octanol–water partition coefficient (Wildman–Crippen LogP) is 4.45. The van der Waals surface area contributed by atoms with E-state index < -0.39 is 10.0 Å². The van der Waals surface area contributed by atoms with Gasteiger partial charge >= 0.3 is 0 Å². The molecule has 5 atom stereocenters. The minimum absolute atomic E-state index is 0.0308. The number of Topliss-reactive ketones (excluding diaryl/α,β-unsaturated/α-hetero) is 1. The molecule has 2 saturated carbocycles. The van der Waals surface area contributed by atoms with Gasteiger partial charge in [-0.2, -0.15) is 4.31 Å². The smallest absolute Gasteiger partial charge is 0.218 e. The molecule has 2 aliphatic carbocycles. The second-order valence-electron chi connectivity index (χ2n) is 9.61. The van der Waals surface area contributed by atoms with Crippen molar-refractivity contribution in [3.05, 3.63) is 71.8 Å². The number of benzene rings is 2. The van der Waals surface area contributed by atoms with Crippen LogP contribution in [-0.2, 0) is 27.0 Å². The van der Waals surface area contributed by atoms with Crippen LogP contribution in [0.1, 0.15) is 43.2 Å². The van der Waals surface area contributed by atoms with Crippen molar-refractivity contribution in [3.63, 3.8) is 0 Å². The van der Waals surface area contributed by atoms with Crippen LogP contribution in [-0.4, -0.2) is 31.1 Å². The Morgan fingerprint density at radius 1 is 0.871 bits per heavy atom. The Bertz CT molecular complexity index is 1020. The van der Waals surface area contributed by atoms with Crippen molar-refractivity contribution in [2.45, 2.75) is 50.3 Å². The highest BCUT2D eigenvalue weighted by Crippen LogP contribution is 2.51. The van der Waals surface area contributed by atoms with Crippen LogP contribution < -0.4 is 0 Å². The minimum Gasteiger partial charge on any atom is -0.299 e. The average Bonchev–Trinajstić information content (AvgIpc) is 2.77. The number of carbonyl (C=O) groups is 1. The summed E-state index contributed by atoms with van der Waals surface area (Å²) < 4.78 is 28.7. The molecule has 1 saturated heterocycles. The number of piperidine rings is 1. The molecule has 0 unspecified atom stereocenters. The molecule has 2 aromatic rings. The Morgan fingerprint density at radius 2 is 1.55 bits per heavy atom. The molecule has 31 heavy (non-hydrogen) atoms. The average molecular weight is 438 g/mol. The molecule has 164 valence electrons. The summed E-state index contributed by atoms with van der Waals surface area (Å²) in [4.78, 5) is 13.1. The fraction of sp³-hybridized carbons (Fsp3) is 0.500. The van der Waals surface area contributed by atoms with Crippen molar-refractivity contribution < 1.29 is 13.2 Å². The maximum absolute atomic E-state index is 13.4. The molecule has 0 spiro atoms. The lowest BCUT2D eigenvalue weighted by atomic mass is 9.56. The number of hydrogen-bond acceptors (Lipinski definition) is 3. The molecule has 3 fully saturated rings. The van der Waals surface area contributed by atoms with E-state index in [2.05, 4.69) is 12.1 Å². The molecule has 1 heterocycles. The van der Waals surface area contributed by atoms with Crippen LogP contribution in [0.2, 0.25) is 0 Å². The van der Waals surface area contributed by atoms with Gasteiger partial charge in [0.25, 0.3) is 0 Å². The Morgan fingerprint density at radius 3 is 2.26 bits per heavy atom. The molecule has 0 N–H and O–H groups in total. The molecular weight excluding hydrogens is 406 g/mol. The van der Waals surface area contributed by atoms with Crippen LogP contribution in [0.5, 0.6) is 0 Å². The molecule has 0 aromatic heterocycles. The fourth-order valence-electron chi connectivity index (χ4n) is 6.59. The highest BCUT2D eigenvalue weighted by molar-refractivity contribution is 7.88. The predicted molar refractivity (Wildman–Crippen MR) is 122 cm³/mol. The first kappa shape index (κ1) is 20.9. The molecule has 0 amide bonds. The van der Waals surface area contributed by atoms with Crippen molar-refractivity contribution >= 4 is 15.8 Å². The third kappa shape index (κ3) is 4.10. The van der Waals surface area contributed by atoms with Gasteiger partial charge in [-0.1, -0.05) is 67.1 Å². The molecule has 4 nitrogen and oxygen atoms in total. The third-order valence-corrected chi connectivity index (χ3v) is 9.72. The summed E-state index contributed by atoms with van der Waals surface area (Å²) in [6.07, 6.45) is 5.22. The molecule has 5 rings (SSSR count). The van der Waals surface area contributed by atoms with Gasteiger partial charge in [0.2, 0.25) is 10.0 Å². The third-order valence-electron chi connectivity index (χ3n) is 7.85. The normalized spacial score (nSPS) is 31.2. The second-order valence-corrected chi connectivity index (χ2v) is 11.5. The molecule has 1 aliphatic heterocycles. The Labute approximate surface area is 185 Å². The first-order valence-corrected chi connectivity index (χ1v) is 13.2. The van der Waals surface area contributed by atoms with E-state index in [9.17, 15) is 13.2 Å². The Kier molecular flexibility index (Phi) is 5.74. The minimum atomic E-state index is -3.38. The van der Waals surface area contributed by atoms with E-state index in [4.69, 9.17) is 0 Å². The Balaban J connectivity index is 1.41. The zero-order chi connectivity index (χ0) is 21.4. The monoisotopic (exact) mass is 437 g/mol. The van der Waals surface area contributed by atoms with Gasteiger partial charge in [0.05, 0.1) is 5.75 Å². The molecule has 2 aromatic carbocycles. The lowest BCUT2D eigenvalue weighted by Crippen LogP contribution is -2.59. The van der Waals surface area contributed by atoms with Crippen LogP contribution in [0.15, 0.2) is 60.7 Å². The zero-order valence-electron chi connectivity index (χ0n) is 17.9. The fourth-order valence-corrected chi connectivity index (χ4v) is 8.41. The van der Waals surface area contributed by atoms with Crippen LogP contribution in [0.3, 0.4) is 0 Å². The number of rotatable bonds is 5. The molecule has 0 bridgehead atoms. The maximum Gasteiger partial charge on any atom is 0.218 e. The molecule has 5 heteroatoms. The zero-order valence-corrected chi connectivity index (χ0v) is 18.7. The molecular formula is C26H31NO3S. The van der Waals surface area contributed by atoms with Gasteiger partial charge < -0.3 is 0 Å². The summed E-state index contributed by atoms with van der Waals surface area (Å²) in [6.45, 7) is 0.560. The SMILES string of the molecule is O=C1C[C@H]2CCN(S(=O)(=O)Cc3ccccc3)[C@H]3CCC[C@H]([C@H]23)[C@@H]1Cc1ccccc1. The number of sulfonamides is 1. The summed E-state index contributed by atoms with van der Waals surface area (Å²) in [5.74, 6) is 1.47. The largest absolute Gasteiger partial charge is 0.299 e. The first-order chi connectivity index (χ1) is 15.0. The summed E-state index contributed by atoms with van der Waals surface area (Å²) in [6, 6.07) is 19.8. The van der Waals surface area contributed by atoms with E-state index in [0.717, 1.165) is 37.7 Å². The van der Waals surface area contributed by atoms with E-state index >= 15 is 0 Å². The van der Waals surface area contributed by atoms with Gasteiger partial charge in [0, 0.05) is 24.9 Å². The lowest BCUT2D eigenvalue weighted by molar-refractivity contribution is -0.136. The number of carbonyl (C=O) groups excluding carboxylic acids is 1. The van der Waals surface area contributed by atoms with Gasteiger partial charge in [0.15, 0.2) is 0 Å². The number of ketones is 1. The van der Waals surface area contributed by atoms with Crippen LogP contribution in [0.25, 0.3) is 0 Å². The van der Waals surface area contributed by atoms with Crippen LogP contribution in [0.4, 0.5) is 0 Å². The summed E-state index contributed by atoms with van der Waals surface area (Å²) in [5.41, 5.74) is 2.06. The van der Waals surface area contributed by atoms with E-state index in [1.165, 1.54) is 5.56 Å². The van der Waals surface area contributed by atoms with E-state index in [0.29, 0.717) is 36.5 Å². The van der Waals surface area contributed by atoms with Gasteiger partial charge in [-0.25, -0.2) is 8.42 Å². The van der Waals surface area contributed by atoms with Crippen molar-refractivity contribution in [1.82, 2.24) is 4.31 Å². The van der Waals surface area contributed by atoms with E-state index in [1.807, 2.05) is 52.8 Å². The van der Waals surface area contributed by atoms with Gasteiger partial charge in [-0.3, -0.25) is 4.79 Å². The summed E-state index contributed by atoms with van der Waals surface area (Å²) in [7, 11) is -3.38. The van der Waals surface area contributed by atoms with E-state index in [1.54, 1.807) is 0 Å². The highest BCUT2D eigenvalue weighted by atomic mass is 32.2. The summed E-state index contributed by atoms with van der Waals surface area (Å²) >= 11 is 0. The van der Waals surface area contributed by atoms with Gasteiger partial charge in [-0.05, 0) is 54.6 Å². The number of nitrogens with zero attached hydrogens (tertiary/aromatic N) is 1. The van der Waals surface area contributed by atoms with Crippen LogP contribution in [0, 0.1) is 23.7 Å². The lowest BCUT2D eigenvalue weighted by Gasteiger charge is -2.54. The molecule has 3 aliphatic rings. The second kappa shape index (κ2) is 8.51. The topological polar surface area (TPSA) is 54.5 Å². The van der Waals surface area contributed by atoms with Crippen molar-refractivity contribution in [2.75, 3.05) is 6.54 Å². The van der Waals surface area contributed by atoms with Crippen LogP contribution >= 0.6 is 0 Å². The maximum atomic E-state index is 13.4. The van der Waals surface area contributed by atoms with Gasteiger partial charge in [-0.15, -0.1) is 0 Å².